The molecule has 0 aliphatic heterocycles. The standard InChI is InChI=1S/C9H16N4O/c1-4-5-7(2)8(14)6-9-10-12-13(3)11-9/h7H,4-6H2,1-3H3. The topological polar surface area (TPSA) is 60.7 Å². The Morgan fingerprint density at radius 1 is 1.57 bits per heavy atom. The summed E-state index contributed by atoms with van der Waals surface area (Å²) < 4.78 is 0. The first-order valence-electron chi connectivity index (χ1n) is 4.89. The van der Waals surface area contributed by atoms with Crippen molar-refractivity contribution in [3.8, 4) is 0 Å². The third-order valence-electron chi connectivity index (χ3n) is 2.15. The number of Topliss-reactive ketones (excluding diaryl/α,β-unsaturated/α-hetero) is 1. The Labute approximate surface area is 83.5 Å². The van der Waals surface area contributed by atoms with E-state index in [0.717, 1.165) is 12.8 Å². The van der Waals surface area contributed by atoms with Crippen molar-refractivity contribution in [3.05, 3.63) is 5.82 Å². The second-order valence-corrected chi connectivity index (χ2v) is 3.53. The van der Waals surface area contributed by atoms with Gasteiger partial charge in [-0.3, -0.25) is 4.79 Å². The quantitative estimate of drug-likeness (QED) is 0.697. The van der Waals surface area contributed by atoms with Crippen LogP contribution in [-0.2, 0) is 18.3 Å². The van der Waals surface area contributed by atoms with Crippen LogP contribution >= 0.6 is 0 Å². The highest BCUT2D eigenvalue weighted by Gasteiger charge is 2.14. The molecule has 0 fully saturated rings. The summed E-state index contributed by atoms with van der Waals surface area (Å²) in [6, 6.07) is 0. The van der Waals surface area contributed by atoms with Gasteiger partial charge in [-0.15, -0.1) is 10.2 Å². The molecule has 1 atom stereocenters. The summed E-state index contributed by atoms with van der Waals surface area (Å²) >= 11 is 0. The molecule has 5 nitrogen and oxygen atoms in total. The van der Waals surface area contributed by atoms with Crippen LogP contribution in [0.3, 0.4) is 0 Å². The number of carbonyl (C=O) groups is 1. The van der Waals surface area contributed by atoms with Crippen molar-refractivity contribution in [1.29, 1.82) is 0 Å². The maximum absolute atomic E-state index is 11.6. The summed E-state index contributed by atoms with van der Waals surface area (Å²) in [5.74, 6) is 0.809. The molecule has 0 aliphatic rings. The van der Waals surface area contributed by atoms with Crippen molar-refractivity contribution >= 4 is 5.78 Å². The second kappa shape index (κ2) is 4.83. The third-order valence-corrected chi connectivity index (χ3v) is 2.15. The smallest absolute Gasteiger partial charge is 0.182 e. The number of aromatic nitrogens is 4. The van der Waals surface area contributed by atoms with Gasteiger partial charge in [0.25, 0.3) is 0 Å². The molecular formula is C9H16N4O. The van der Waals surface area contributed by atoms with E-state index in [-0.39, 0.29) is 11.7 Å². The Bertz CT molecular complexity index is 308. The Morgan fingerprint density at radius 3 is 2.79 bits per heavy atom. The summed E-state index contributed by atoms with van der Waals surface area (Å²) in [7, 11) is 1.69. The predicted octanol–water partition coefficient (Wildman–Crippen LogP) is 0.758. The summed E-state index contributed by atoms with van der Waals surface area (Å²) in [5.41, 5.74) is 0. The van der Waals surface area contributed by atoms with E-state index in [4.69, 9.17) is 0 Å². The molecule has 0 N–H and O–H groups in total. The van der Waals surface area contributed by atoms with Crippen LogP contribution in [0.5, 0.6) is 0 Å². The molecule has 5 heteroatoms. The molecule has 0 amide bonds. The largest absolute Gasteiger partial charge is 0.299 e. The summed E-state index contributed by atoms with van der Waals surface area (Å²) in [5, 5.41) is 11.4. The number of hydrogen-bond acceptors (Lipinski definition) is 4. The van der Waals surface area contributed by atoms with Gasteiger partial charge >= 0.3 is 0 Å². The summed E-state index contributed by atoms with van der Waals surface area (Å²) in [6.07, 6.45) is 2.26. The van der Waals surface area contributed by atoms with Gasteiger partial charge in [-0.05, 0) is 11.6 Å². The van der Waals surface area contributed by atoms with Gasteiger partial charge in [0.1, 0.15) is 5.78 Å². The van der Waals surface area contributed by atoms with Gasteiger partial charge in [-0.2, -0.15) is 4.80 Å². The molecular weight excluding hydrogens is 180 g/mol. The average molecular weight is 196 g/mol. The molecule has 1 aromatic rings. The van der Waals surface area contributed by atoms with Crippen LogP contribution in [0.15, 0.2) is 0 Å². The van der Waals surface area contributed by atoms with E-state index < -0.39 is 0 Å². The Morgan fingerprint density at radius 2 is 2.29 bits per heavy atom. The van der Waals surface area contributed by atoms with Crippen molar-refractivity contribution in [3.63, 3.8) is 0 Å². The average Bonchev–Trinajstić information content (AvgIpc) is 2.51. The van der Waals surface area contributed by atoms with E-state index in [2.05, 4.69) is 22.3 Å². The van der Waals surface area contributed by atoms with Crippen LogP contribution < -0.4 is 0 Å². The maximum atomic E-state index is 11.6. The number of carbonyl (C=O) groups excluding carboxylic acids is 1. The van der Waals surface area contributed by atoms with Crippen molar-refractivity contribution < 1.29 is 4.79 Å². The molecule has 0 radical (unpaired) electrons. The van der Waals surface area contributed by atoms with Crippen LogP contribution in [0.25, 0.3) is 0 Å². The Kier molecular flexibility index (Phi) is 3.73. The zero-order chi connectivity index (χ0) is 10.6. The van der Waals surface area contributed by atoms with E-state index in [1.807, 2.05) is 6.92 Å². The number of tetrazole rings is 1. The molecule has 0 aromatic carbocycles. The van der Waals surface area contributed by atoms with E-state index in [9.17, 15) is 4.79 Å². The first-order chi connectivity index (χ1) is 6.63. The lowest BCUT2D eigenvalue weighted by atomic mass is 9.99. The lowest BCUT2D eigenvalue weighted by molar-refractivity contribution is -0.122. The van der Waals surface area contributed by atoms with E-state index in [0.29, 0.717) is 12.2 Å². The lowest BCUT2D eigenvalue weighted by Gasteiger charge is -2.05. The molecule has 0 saturated heterocycles. The third kappa shape index (κ3) is 2.90. The van der Waals surface area contributed by atoms with E-state index in [1.165, 1.54) is 4.80 Å². The zero-order valence-electron chi connectivity index (χ0n) is 8.90. The van der Waals surface area contributed by atoms with Gasteiger partial charge in [0.15, 0.2) is 5.82 Å². The predicted molar refractivity (Wildman–Crippen MR) is 51.6 cm³/mol. The molecule has 1 rings (SSSR count). The number of hydrogen-bond donors (Lipinski definition) is 0. The van der Waals surface area contributed by atoms with Gasteiger partial charge < -0.3 is 0 Å². The number of aryl methyl sites for hydroxylation is 1. The fourth-order valence-electron chi connectivity index (χ4n) is 1.32. The molecule has 14 heavy (non-hydrogen) atoms. The minimum atomic E-state index is 0.101. The highest BCUT2D eigenvalue weighted by Crippen LogP contribution is 2.08. The van der Waals surface area contributed by atoms with Crippen LogP contribution in [0.2, 0.25) is 0 Å². The monoisotopic (exact) mass is 196 g/mol. The van der Waals surface area contributed by atoms with Crippen LogP contribution in [0.1, 0.15) is 32.5 Å². The van der Waals surface area contributed by atoms with Gasteiger partial charge in [0.2, 0.25) is 0 Å². The number of ketones is 1. The second-order valence-electron chi connectivity index (χ2n) is 3.53. The first-order valence-corrected chi connectivity index (χ1v) is 4.89. The van der Waals surface area contributed by atoms with Crippen molar-refractivity contribution in [1.82, 2.24) is 20.2 Å². The summed E-state index contributed by atoms with van der Waals surface area (Å²) in [6.45, 7) is 4.02. The van der Waals surface area contributed by atoms with Crippen LogP contribution in [0.4, 0.5) is 0 Å². The van der Waals surface area contributed by atoms with Crippen LogP contribution in [-0.4, -0.2) is 26.0 Å². The van der Waals surface area contributed by atoms with Crippen molar-refractivity contribution in [2.45, 2.75) is 33.1 Å². The molecule has 0 saturated carbocycles. The minimum absolute atomic E-state index is 0.101. The molecule has 1 aromatic heterocycles. The van der Waals surface area contributed by atoms with Crippen molar-refractivity contribution in [2.24, 2.45) is 13.0 Å². The zero-order valence-corrected chi connectivity index (χ0v) is 8.90. The van der Waals surface area contributed by atoms with Gasteiger partial charge in [-0.1, -0.05) is 20.3 Å². The number of rotatable bonds is 5. The normalized spacial score (nSPS) is 12.8. The molecule has 78 valence electrons. The Balaban J connectivity index is 2.48. The minimum Gasteiger partial charge on any atom is -0.299 e. The van der Waals surface area contributed by atoms with E-state index in [1.54, 1.807) is 7.05 Å². The molecule has 1 heterocycles. The fourth-order valence-corrected chi connectivity index (χ4v) is 1.32. The highest BCUT2D eigenvalue weighted by molar-refractivity contribution is 5.82. The first kappa shape index (κ1) is 10.8. The SMILES string of the molecule is CCCC(C)C(=O)Cc1nnn(C)n1. The molecule has 0 spiro atoms. The van der Waals surface area contributed by atoms with Crippen molar-refractivity contribution in [2.75, 3.05) is 0 Å². The summed E-state index contributed by atoms with van der Waals surface area (Å²) in [4.78, 5) is 13.0. The van der Waals surface area contributed by atoms with E-state index >= 15 is 0 Å². The van der Waals surface area contributed by atoms with Gasteiger partial charge in [0.05, 0.1) is 13.5 Å². The van der Waals surface area contributed by atoms with Gasteiger partial charge in [0, 0.05) is 5.92 Å². The molecule has 1 unspecified atom stereocenters. The fraction of sp³-hybridized carbons (Fsp3) is 0.778. The lowest BCUT2D eigenvalue weighted by Crippen LogP contribution is -2.14. The molecule has 0 aliphatic carbocycles. The highest BCUT2D eigenvalue weighted by atomic mass is 16.1. The molecule has 0 bridgehead atoms. The Hall–Kier alpha value is -1.26. The van der Waals surface area contributed by atoms with Crippen LogP contribution in [0, 0.1) is 5.92 Å². The maximum Gasteiger partial charge on any atom is 0.182 e. The number of nitrogens with zero attached hydrogens (tertiary/aromatic N) is 4. The van der Waals surface area contributed by atoms with Gasteiger partial charge in [-0.25, -0.2) is 0 Å².